The zero-order valence-electron chi connectivity index (χ0n) is 13.1. The molecule has 0 spiro atoms. The maximum absolute atomic E-state index is 10.4. The molecule has 0 saturated carbocycles. The first-order valence-electron chi connectivity index (χ1n) is 7.78. The van der Waals surface area contributed by atoms with Gasteiger partial charge in [-0.1, -0.05) is 41.3 Å². The SMILES string of the molecule is CCC(=NOC)C1=C(c2ccc(Cl)c(Cl)c2)CC2CC(O)C1N2. The Morgan fingerprint density at radius 2 is 2.17 bits per heavy atom. The number of aliphatic hydroxyl groups is 1. The third-order valence-corrected chi connectivity index (χ3v) is 5.27. The molecule has 0 amide bonds. The Morgan fingerprint density at radius 1 is 1.39 bits per heavy atom. The van der Waals surface area contributed by atoms with Crippen LogP contribution in [-0.4, -0.2) is 36.1 Å². The summed E-state index contributed by atoms with van der Waals surface area (Å²) in [5, 5.41) is 19.1. The standard InChI is InChI=1S/C17H20Cl2N2O2/c1-3-14(21-23-2)16-11(7-10-8-15(22)17(16)20-10)9-4-5-12(18)13(19)6-9/h4-6,10,15,17,20,22H,3,7-8H2,1-2H3. The molecule has 0 aromatic heterocycles. The van der Waals surface area contributed by atoms with E-state index >= 15 is 0 Å². The zero-order valence-corrected chi connectivity index (χ0v) is 14.7. The van der Waals surface area contributed by atoms with Crippen molar-refractivity contribution in [3.63, 3.8) is 0 Å². The van der Waals surface area contributed by atoms with Gasteiger partial charge in [0.2, 0.25) is 0 Å². The number of halogens is 2. The molecule has 2 heterocycles. The van der Waals surface area contributed by atoms with Crippen molar-refractivity contribution in [3.05, 3.63) is 39.4 Å². The highest BCUT2D eigenvalue weighted by molar-refractivity contribution is 6.42. The molecule has 0 aliphatic carbocycles. The normalized spacial score (nSPS) is 27.5. The fraction of sp³-hybridized carbons (Fsp3) is 0.471. The Hall–Kier alpha value is -1.07. The molecule has 1 aromatic rings. The molecule has 6 heteroatoms. The number of rotatable bonds is 4. The van der Waals surface area contributed by atoms with Crippen LogP contribution in [0, 0.1) is 0 Å². The summed E-state index contributed by atoms with van der Waals surface area (Å²) in [7, 11) is 1.54. The van der Waals surface area contributed by atoms with Crippen molar-refractivity contribution in [1.29, 1.82) is 0 Å². The van der Waals surface area contributed by atoms with Gasteiger partial charge in [0.1, 0.15) is 7.11 Å². The molecule has 2 bridgehead atoms. The van der Waals surface area contributed by atoms with E-state index < -0.39 is 6.10 Å². The molecule has 1 aromatic carbocycles. The summed E-state index contributed by atoms with van der Waals surface area (Å²) in [5.41, 5.74) is 4.06. The molecule has 3 unspecified atom stereocenters. The molecule has 4 nitrogen and oxygen atoms in total. The van der Waals surface area contributed by atoms with Crippen LogP contribution >= 0.6 is 23.2 Å². The fourth-order valence-electron chi connectivity index (χ4n) is 3.55. The van der Waals surface area contributed by atoms with Crippen LogP contribution in [0.4, 0.5) is 0 Å². The van der Waals surface area contributed by atoms with E-state index in [-0.39, 0.29) is 12.1 Å². The lowest BCUT2D eigenvalue weighted by Crippen LogP contribution is -2.41. The largest absolute Gasteiger partial charge is 0.399 e. The summed E-state index contributed by atoms with van der Waals surface area (Å²) >= 11 is 12.2. The van der Waals surface area contributed by atoms with Crippen molar-refractivity contribution in [1.82, 2.24) is 5.32 Å². The number of benzene rings is 1. The van der Waals surface area contributed by atoms with Crippen LogP contribution in [0.25, 0.3) is 5.57 Å². The van der Waals surface area contributed by atoms with Gasteiger partial charge in [0.05, 0.1) is 27.9 Å². The van der Waals surface area contributed by atoms with Crippen molar-refractivity contribution in [2.75, 3.05) is 7.11 Å². The van der Waals surface area contributed by atoms with E-state index in [9.17, 15) is 5.11 Å². The van der Waals surface area contributed by atoms with E-state index in [0.29, 0.717) is 10.0 Å². The Balaban J connectivity index is 2.16. The second-order valence-corrected chi connectivity index (χ2v) is 6.76. The second-order valence-electron chi connectivity index (χ2n) is 5.94. The maximum Gasteiger partial charge on any atom is 0.106 e. The molecule has 23 heavy (non-hydrogen) atoms. The molecule has 2 aliphatic heterocycles. The Bertz CT molecular complexity index is 673. The molecular weight excluding hydrogens is 335 g/mol. The minimum atomic E-state index is -0.413. The summed E-state index contributed by atoms with van der Waals surface area (Å²) in [4.78, 5) is 5.01. The molecule has 1 saturated heterocycles. The van der Waals surface area contributed by atoms with Gasteiger partial charge in [-0.15, -0.1) is 0 Å². The molecule has 2 N–H and O–H groups in total. The van der Waals surface area contributed by atoms with Crippen LogP contribution in [-0.2, 0) is 4.84 Å². The summed E-state index contributed by atoms with van der Waals surface area (Å²) in [5.74, 6) is 0. The fourth-order valence-corrected chi connectivity index (χ4v) is 3.85. The van der Waals surface area contributed by atoms with Crippen molar-refractivity contribution < 1.29 is 9.94 Å². The van der Waals surface area contributed by atoms with Crippen LogP contribution < -0.4 is 5.32 Å². The smallest absolute Gasteiger partial charge is 0.106 e. The van der Waals surface area contributed by atoms with Crippen molar-refractivity contribution >= 4 is 34.5 Å². The number of hydrogen-bond acceptors (Lipinski definition) is 4. The van der Waals surface area contributed by atoms with Crippen molar-refractivity contribution in [2.24, 2.45) is 5.16 Å². The lowest BCUT2D eigenvalue weighted by molar-refractivity contribution is 0.172. The van der Waals surface area contributed by atoms with Crippen LogP contribution in [0.2, 0.25) is 10.0 Å². The third-order valence-electron chi connectivity index (χ3n) is 4.53. The Kier molecular flexibility index (Phi) is 4.97. The van der Waals surface area contributed by atoms with Gasteiger partial charge in [-0.2, -0.15) is 0 Å². The van der Waals surface area contributed by atoms with Gasteiger partial charge in [-0.3, -0.25) is 0 Å². The average Bonchev–Trinajstić information content (AvgIpc) is 2.83. The van der Waals surface area contributed by atoms with E-state index in [1.165, 1.54) is 0 Å². The Labute approximate surface area is 146 Å². The molecule has 3 atom stereocenters. The number of aliphatic hydroxyl groups excluding tert-OH is 1. The van der Waals surface area contributed by atoms with E-state index in [2.05, 4.69) is 10.5 Å². The highest BCUT2D eigenvalue weighted by Crippen LogP contribution is 2.39. The number of fused-ring (bicyclic) bond motifs is 2. The quantitative estimate of drug-likeness (QED) is 0.640. The minimum absolute atomic E-state index is 0.118. The van der Waals surface area contributed by atoms with Gasteiger partial charge in [0, 0.05) is 11.6 Å². The number of hydrogen-bond donors (Lipinski definition) is 2. The van der Waals surface area contributed by atoms with Gasteiger partial charge in [-0.25, -0.2) is 0 Å². The van der Waals surface area contributed by atoms with Crippen molar-refractivity contribution in [2.45, 2.75) is 44.4 Å². The van der Waals surface area contributed by atoms with Crippen molar-refractivity contribution in [3.8, 4) is 0 Å². The monoisotopic (exact) mass is 354 g/mol. The lowest BCUT2D eigenvalue weighted by atomic mass is 9.86. The number of nitrogens with zero attached hydrogens (tertiary/aromatic N) is 1. The molecule has 124 valence electrons. The first-order valence-corrected chi connectivity index (χ1v) is 8.53. The van der Waals surface area contributed by atoms with E-state index in [0.717, 1.165) is 41.7 Å². The van der Waals surface area contributed by atoms with Crippen LogP contribution in [0.3, 0.4) is 0 Å². The molecule has 1 fully saturated rings. The topological polar surface area (TPSA) is 53.9 Å². The van der Waals surface area contributed by atoms with Crippen LogP contribution in [0.5, 0.6) is 0 Å². The number of oxime groups is 1. The van der Waals surface area contributed by atoms with Gasteiger partial charge >= 0.3 is 0 Å². The molecular formula is C17H20Cl2N2O2. The Morgan fingerprint density at radius 3 is 2.83 bits per heavy atom. The summed E-state index contributed by atoms with van der Waals surface area (Å²) in [6.45, 7) is 2.03. The minimum Gasteiger partial charge on any atom is -0.399 e. The summed E-state index contributed by atoms with van der Waals surface area (Å²) in [6.07, 6.45) is 1.87. The zero-order chi connectivity index (χ0) is 16.6. The predicted octanol–water partition coefficient (Wildman–Crippen LogP) is 3.65. The highest BCUT2D eigenvalue weighted by atomic mass is 35.5. The second kappa shape index (κ2) is 6.81. The summed E-state index contributed by atoms with van der Waals surface area (Å²) < 4.78 is 0. The van der Waals surface area contributed by atoms with Crippen LogP contribution in [0.15, 0.2) is 28.9 Å². The third kappa shape index (κ3) is 3.13. The first kappa shape index (κ1) is 16.8. The van der Waals surface area contributed by atoms with Crippen LogP contribution in [0.1, 0.15) is 31.7 Å². The molecule has 0 radical (unpaired) electrons. The van der Waals surface area contributed by atoms with Gasteiger partial charge < -0.3 is 15.3 Å². The van der Waals surface area contributed by atoms with Gasteiger partial charge in [-0.05, 0) is 42.5 Å². The maximum atomic E-state index is 10.4. The molecule has 2 aliphatic rings. The number of nitrogens with one attached hydrogen (secondary N) is 1. The predicted molar refractivity (Wildman–Crippen MR) is 94.1 cm³/mol. The lowest BCUT2D eigenvalue weighted by Gasteiger charge is -2.29. The first-order chi connectivity index (χ1) is 11.0. The van der Waals surface area contributed by atoms with Gasteiger partial charge in [0.15, 0.2) is 0 Å². The van der Waals surface area contributed by atoms with E-state index in [1.807, 2.05) is 25.1 Å². The summed E-state index contributed by atoms with van der Waals surface area (Å²) in [6, 6.07) is 5.82. The van der Waals surface area contributed by atoms with E-state index in [1.54, 1.807) is 7.11 Å². The highest BCUT2D eigenvalue weighted by Gasteiger charge is 2.42. The average molecular weight is 355 g/mol. The molecule has 3 rings (SSSR count). The van der Waals surface area contributed by atoms with Gasteiger partial charge in [0.25, 0.3) is 0 Å². The van der Waals surface area contributed by atoms with E-state index in [4.69, 9.17) is 28.0 Å².